The van der Waals surface area contributed by atoms with Crippen LogP contribution in [0.4, 0.5) is 5.69 Å². The molecule has 0 aliphatic carbocycles. The van der Waals surface area contributed by atoms with Gasteiger partial charge in [0.25, 0.3) is 5.69 Å². The lowest BCUT2D eigenvalue weighted by molar-refractivity contribution is -0.384. The summed E-state index contributed by atoms with van der Waals surface area (Å²) in [7, 11) is -0.372. The van der Waals surface area contributed by atoms with E-state index in [0.29, 0.717) is 11.5 Å². The third-order valence-electron chi connectivity index (χ3n) is 3.29. The maximum absolute atomic E-state index is 12.2. The van der Waals surface area contributed by atoms with Crippen LogP contribution in [-0.2, 0) is 9.53 Å². The van der Waals surface area contributed by atoms with Gasteiger partial charge < -0.3 is 14.1 Å². The topological polar surface area (TPSA) is 91.1 Å². The molecule has 2 aromatic carbocycles. The van der Waals surface area contributed by atoms with Crippen molar-refractivity contribution >= 4 is 20.6 Å². The minimum Gasteiger partial charge on any atom is -0.462 e. The van der Waals surface area contributed by atoms with E-state index in [2.05, 4.69) is 0 Å². The molecule has 0 saturated heterocycles. The molecule has 0 aliphatic heterocycles. The molecule has 8 nitrogen and oxygen atoms in total. The number of hydrogen-bond donors (Lipinski definition) is 0. The zero-order valence-corrected chi connectivity index (χ0v) is 16.2. The number of nitro groups is 1. The Labute approximate surface area is 159 Å². The number of para-hydroxylation sites is 1. The maximum atomic E-state index is 12.2. The molecule has 2 aromatic rings. The number of carbonyl (C=O) groups is 1. The SMILES string of the molecule is CC(C)OC(=O)[C@H](C)N(Oc1ccccc1)POc1ccc([N+](=O)[O-])cc1. The Bertz CT molecular complexity index is 754. The van der Waals surface area contributed by atoms with Crippen molar-refractivity contribution in [3.8, 4) is 11.5 Å². The van der Waals surface area contributed by atoms with Crippen molar-refractivity contribution in [1.29, 1.82) is 0 Å². The number of non-ortho nitro benzene ring substituents is 1. The molecule has 0 amide bonds. The van der Waals surface area contributed by atoms with Crippen LogP contribution in [0.5, 0.6) is 11.5 Å². The Hall–Kier alpha value is -2.70. The van der Waals surface area contributed by atoms with Gasteiger partial charge >= 0.3 is 5.97 Å². The van der Waals surface area contributed by atoms with Crippen LogP contribution in [-0.4, -0.2) is 27.9 Å². The third-order valence-corrected chi connectivity index (χ3v) is 4.28. The van der Waals surface area contributed by atoms with E-state index in [9.17, 15) is 14.9 Å². The number of nitro benzene ring substituents is 1. The van der Waals surface area contributed by atoms with Gasteiger partial charge in [-0.05, 0) is 45.0 Å². The van der Waals surface area contributed by atoms with E-state index in [-0.39, 0.29) is 20.7 Å². The fraction of sp³-hybridized carbons (Fsp3) is 0.278. The van der Waals surface area contributed by atoms with Crippen molar-refractivity contribution in [1.82, 2.24) is 4.83 Å². The number of esters is 1. The Morgan fingerprint density at radius 3 is 2.22 bits per heavy atom. The summed E-state index contributed by atoms with van der Waals surface area (Å²) in [5.74, 6) is 0.521. The van der Waals surface area contributed by atoms with Crippen LogP contribution >= 0.6 is 8.96 Å². The van der Waals surface area contributed by atoms with Crippen molar-refractivity contribution in [3.05, 3.63) is 64.7 Å². The Balaban J connectivity index is 2.08. The molecule has 9 heteroatoms. The molecule has 0 aromatic heterocycles. The molecule has 2 rings (SSSR count). The number of carbonyl (C=O) groups excluding carboxylic acids is 1. The number of hydroxylamine groups is 1. The smallest absolute Gasteiger partial charge is 0.327 e. The van der Waals surface area contributed by atoms with Gasteiger partial charge in [0, 0.05) is 12.1 Å². The average Bonchev–Trinajstić information content (AvgIpc) is 2.65. The Kier molecular flexibility index (Phi) is 7.52. The summed E-state index contributed by atoms with van der Waals surface area (Å²) >= 11 is 0. The summed E-state index contributed by atoms with van der Waals surface area (Å²) in [4.78, 5) is 29.6. The summed E-state index contributed by atoms with van der Waals surface area (Å²) in [6, 6.07) is 13.9. The van der Waals surface area contributed by atoms with Crippen molar-refractivity contribution in [2.75, 3.05) is 0 Å². The van der Waals surface area contributed by atoms with E-state index >= 15 is 0 Å². The van der Waals surface area contributed by atoms with Gasteiger partial charge in [0.1, 0.15) is 17.5 Å². The summed E-state index contributed by atoms with van der Waals surface area (Å²) in [5, 5.41) is 10.7. The molecule has 0 N–H and O–H groups in total. The first-order valence-corrected chi connectivity index (χ1v) is 9.12. The van der Waals surface area contributed by atoms with E-state index in [1.165, 1.54) is 29.1 Å². The highest BCUT2D eigenvalue weighted by Gasteiger charge is 2.27. The van der Waals surface area contributed by atoms with Crippen molar-refractivity contribution < 1.29 is 23.8 Å². The Morgan fingerprint density at radius 2 is 1.67 bits per heavy atom. The first-order chi connectivity index (χ1) is 12.9. The third kappa shape index (κ3) is 6.51. The van der Waals surface area contributed by atoms with Gasteiger partial charge in [-0.1, -0.05) is 23.0 Å². The van der Waals surface area contributed by atoms with Crippen LogP contribution < -0.4 is 9.36 Å². The van der Waals surface area contributed by atoms with Crippen LogP contribution in [0.1, 0.15) is 20.8 Å². The van der Waals surface area contributed by atoms with E-state index < -0.39 is 16.9 Å². The fourth-order valence-corrected chi connectivity index (χ4v) is 2.67. The number of hydrogen-bond acceptors (Lipinski definition) is 7. The fourth-order valence-electron chi connectivity index (χ4n) is 1.93. The van der Waals surface area contributed by atoms with Crippen molar-refractivity contribution in [3.63, 3.8) is 0 Å². The molecule has 0 heterocycles. The lowest BCUT2D eigenvalue weighted by Gasteiger charge is -2.26. The average molecular weight is 392 g/mol. The Morgan fingerprint density at radius 1 is 1.04 bits per heavy atom. The van der Waals surface area contributed by atoms with Crippen LogP contribution in [0.2, 0.25) is 0 Å². The zero-order chi connectivity index (χ0) is 19.8. The predicted octanol–water partition coefficient (Wildman–Crippen LogP) is 4.12. The van der Waals surface area contributed by atoms with E-state index in [1.807, 2.05) is 18.2 Å². The number of rotatable bonds is 9. The van der Waals surface area contributed by atoms with Crippen LogP contribution in [0.15, 0.2) is 54.6 Å². The zero-order valence-electron chi connectivity index (χ0n) is 15.2. The quantitative estimate of drug-likeness (QED) is 0.274. The summed E-state index contributed by atoms with van der Waals surface area (Å²) < 4.78 is 10.9. The molecule has 27 heavy (non-hydrogen) atoms. The second-order valence-electron chi connectivity index (χ2n) is 5.84. The lowest BCUT2D eigenvalue weighted by atomic mass is 10.3. The first-order valence-electron chi connectivity index (χ1n) is 8.26. The minimum absolute atomic E-state index is 0.0306. The van der Waals surface area contributed by atoms with Gasteiger partial charge in [-0.25, -0.2) is 0 Å². The lowest BCUT2D eigenvalue weighted by Crippen LogP contribution is -2.38. The van der Waals surface area contributed by atoms with Gasteiger partial charge in [-0.2, -0.15) is 0 Å². The van der Waals surface area contributed by atoms with Gasteiger partial charge in [0.05, 0.1) is 11.0 Å². The highest BCUT2D eigenvalue weighted by molar-refractivity contribution is 7.29. The largest absolute Gasteiger partial charge is 0.462 e. The first kappa shape index (κ1) is 20.6. The van der Waals surface area contributed by atoms with Gasteiger partial charge in [0.2, 0.25) is 0 Å². The van der Waals surface area contributed by atoms with E-state index in [4.69, 9.17) is 14.1 Å². The second kappa shape index (κ2) is 9.85. The number of nitrogens with zero attached hydrogens (tertiary/aromatic N) is 2. The molecule has 0 aliphatic rings. The van der Waals surface area contributed by atoms with E-state index in [1.54, 1.807) is 32.9 Å². The molecule has 144 valence electrons. The highest BCUT2D eigenvalue weighted by atomic mass is 31.1. The molecule has 0 spiro atoms. The second-order valence-corrected chi connectivity index (χ2v) is 6.66. The standard InChI is InChI=1S/C18H21N2O6P/c1-13(2)24-18(21)14(3)20(25-16-7-5-4-6-8-16)27-26-17-11-9-15(10-12-17)19(22)23/h4-14,27H,1-3H3/t14-/m0/s1. The molecule has 0 radical (unpaired) electrons. The van der Waals surface area contributed by atoms with Gasteiger partial charge in [-0.15, -0.1) is 0 Å². The molecule has 0 saturated carbocycles. The minimum atomic E-state index is -0.719. The van der Waals surface area contributed by atoms with Crippen LogP contribution in [0.3, 0.4) is 0 Å². The summed E-state index contributed by atoms with van der Waals surface area (Å²) in [6.07, 6.45) is -0.252. The van der Waals surface area contributed by atoms with Crippen molar-refractivity contribution in [2.45, 2.75) is 32.9 Å². The molecule has 2 atom stereocenters. The molecular weight excluding hydrogens is 371 g/mol. The molecule has 0 bridgehead atoms. The normalized spacial score (nSPS) is 12.3. The predicted molar refractivity (Wildman–Crippen MR) is 102 cm³/mol. The van der Waals surface area contributed by atoms with Crippen LogP contribution in [0.25, 0.3) is 0 Å². The highest BCUT2D eigenvalue weighted by Crippen LogP contribution is 2.30. The van der Waals surface area contributed by atoms with E-state index in [0.717, 1.165) is 0 Å². The van der Waals surface area contributed by atoms with Gasteiger partial charge in [0.15, 0.2) is 8.96 Å². The summed E-state index contributed by atoms with van der Waals surface area (Å²) in [5.41, 5.74) is -0.0306. The number of ether oxygens (including phenoxy) is 1. The molecular formula is C18H21N2O6P. The summed E-state index contributed by atoms with van der Waals surface area (Å²) in [6.45, 7) is 5.19. The maximum Gasteiger partial charge on any atom is 0.327 e. The van der Waals surface area contributed by atoms with Gasteiger partial charge in [-0.3, -0.25) is 14.9 Å². The molecule has 0 fully saturated rings. The van der Waals surface area contributed by atoms with Crippen LogP contribution in [0, 0.1) is 10.1 Å². The number of benzene rings is 2. The monoisotopic (exact) mass is 392 g/mol. The molecule has 1 unspecified atom stereocenters. The van der Waals surface area contributed by atoms with Crippen molar-refractivity contribution in [2.24, 2.45) is 0 Å².